The summed E-state index contributed by atoms with van der Waals surface area (Å²) in [4.78, 5) is 0. The molecule has 3 aromatic rings. The lowest BCUT2D eigenvalue weighted by Gasteiger charge is -2.11. The summed E-state index contributed by atoms with van der Waals surface area (Å²) in [5, 5.41) is 25.8. The zero-order valence-corrected chi connectivity index (χ0v) is 12.3. The van der Waals surface area contributed by atoms with Gasteiger partial charge in [-0.25, -0.2) is 0 Å². The molecule has 0 fully saturated rings. The number of benzene rings is 1. The summed E-state index contributed by atoms with van der Waals surface area (Å²) < 4.78 is 1.89. The molecule has 0 amide bonds. The van der Waals surface area contributed by atoms with Gasteiger partial charge in [-0.15, -0.1) is 10.2 Å². The van der Waals surface area contributed by atoms with Gasteiger partial charge >= 0.3 is 0 Å². The Labute approximate surface area is 128 Å². The van der Waals surface area contributed by atoms with E-state index in [-0.39, 0.29) is 0 Å². The van der Waals surface area contributed by atoms with Gasteiger partial charge in [-0.2, -0.15) is 10.4 Å². The van der Waals surface area contributed by atoms with Gasteiger partial charge < -0.3 is 5.32 Å². The van der Waals surface area contributed by atoms with Crippen molar-refractivity contribution in [1.82, 2.24) is 20.0 Å². The quantitative estimate of drug-likeness (QED) is 0.731. The minimum atomic E-state index is 0.331. The van der Waals surface area contributed by atoms with E-state index in [0.29, 0.717) is 5.69 Å². The minimum Gasteiger partial charge on any atom is -0.382 e. The Balaban J connectivity index is 1.79. The van der Waals surface area contributed by atoms with Gasteiger partial charge in [-0.1, -0.05) is 11.6 Å². The van der Waals surface area contributed by atoms with E-state index in [1.165, 1.54) is 0 Å². The van der Waals surface area contributed by atoms with Crippen LogP contribution in [-0.2, 0) is 6.54 Å². The maximum absolute atomic E-state index is 9.25. The van der Waals surface area contributed by atoms with Crippen LogP contribution in [0, 0.1) is 18.3 Å². The summed E-state index contributed by atoms with van der Waals surface area (Å²) >= 11 is 0. The number of rotatable bonds is 5. The van der Waals surface area contributed by atoms with E-state index in [0.717, 1.165) is 41.7 Å². The van der Waals surface area contributed by atoms with Crippen LogP contribution in [0.3, 0.4) is 0 Å². The molecule has 2 heterocycles. The molecule has 6 heteroatoms. The molecule has 0 aliphatic heterocycles. The summed E-state index contributed by atoms with van der Waals surface area (Å²) in [6.45, 7) is 3.59. The van der Waals surface area contributed by atoms with Gasteiger partial charge in [0.1, 0.15) is 6.07 Å². The summed E-state index contributed by atoms with van der Waals surface area (Å²) in [6, 6.07) is 9.96. The average Bonchev–Trinajstić information content (AvgIpc) is 3.04. The second-order valence-corrected chi connectivity index (χ2v) is 5.11. The number of nitrogens with one attached hydrogen (secondary N) is 1. The molecule has 110 valence electrons. The lowest BCUT2D eigenvalue weighted by atomic mass is 10.1. The summed E-state index contributed by atoms with van der Waals surface area (Å²) in [5.74, 6) is 0. The number of fused-ring (bicyclic) bond motifs is 1. The first kappa shape index (κ1) is 14.0. The smallest absolute Gasteiger partial charge is 0.186 e. The summed E-state index contributed by atoms with van der Waals surface area (Å²) in [7, 11) is 0. The lowest BCUT2D eigenvalue weighted by molar-refractivity contribution is 0.592. The van der Waals surface area contributed by atoms with Crippen molar-refractivity contribution in [3.63, 3.8) is 0 Å². The predicted molar refractivity (Wildman–Crippen MR) is 84.3 cm³/mol. The summed E-state index contributed by atoms with van der Waals surface area (Å²) in [5.41, 5.74) is 3.01. The molecular formula is C16H16N6. The highest BCUT2D eigenvalue weighted by Gasteiger charge is 2.10. The highest BCUT2D eigenvalue weighted by Crippen LogP contribution is 2.25. The maximum Gasteiger partial charge on any atom is 0.186 e. The normalized spacial score (nSPS) is 10.5. The molecule has 0 aliphatic rings. The van der Waals surface area contributed by atoms with Gasteiger partial charge in [0.15, 0.2) is 5.69 Å². The van der Waals surface area contributed by atoms with Gasteiger partial charge in [0.2, 0.25) is 0 Å². The third-order valence-corrected chi connectivity index (χ3v) is 3.45. The van der Waals surface area contributed by atoms with Crippen LogP contribution in [0.15, 0.2) is 36.7 Å². The minimum absolute atomic E-state index is 0.331. The molecule has 3 rings (SSSR count). The Bertz CT molecular complexity index is 817. The highest BCUT2D eigenvalue weighted by atomic mass is 15.3. The van der Waals surface area contributed by atoms with Crippen molar-refractivity contribution >= 4 is 16.6 Å². The fraction of sp³-hybridized carbons (Fsp3) is 0.250. The third-order valence-electron chi connectivity index (χ3n) is 3.45. The van der Waals surface area contributed by atoms with E-state index in [9.17, 15) is 5.26 Å². The zero-order valence-electron chi connectivity index (χ0n) is 12.3. The largest absolute Gasteiger partial charge is 0.382 e. The van der Waals surface area contributed by atoms with Crippen molar-refractivity contribution in [1.29, 1.82) is 5.26 Å². The number of anilines is 1. The van der Waals surface area contributed by atoms with Crippen molar-refractivity contribution in [2.75, 3.05) is 11.9 Å². The first-order chi connectivity index (χ1) is 10.8. The number of hydrogen-bond donors (Lipinski definition) is 1. The molecule has 1 N–H and O–H groups in total. The van der Waals surface area contributed by atoms with Crippen LogP contribution in [0.25, 0.3) is 10.9 Å². The molecule has 0 saturated heterocycles. The van der Waals surface area contributed by atoms with Crippen molar-refractivity contribution in [2.45, 2.75) is 19.9 Å². The summed E-state index contributed by atoms with van der Waals surface area (Å²) in [6.07, 6.45) is 4.61. The fourth-order valence-electron chi connectivity index (χ4n) is 2.36. The van der Waals surface area contributed by atoms with Crippen LogP contribution < -0.4 is 5.32 Å². The average molecular weight is 292 g/mol. The van der Waals surface area contributed by atoms with Crippen LogP contribution in [0.1, 0.15) is 17.7 Å². The Morgan fingerprint density at radius 2 is 2.23 bits per heavy atom. The standard InChI is InChI=1S/C16H16N6/c1-12-4-5-14-13(10-12)16(15(11-17)21-20-14)18-6-2-8-22-9-3-7-19-22/h3-5,7,9-10H,2,6,8H2,1H3,(H,18,20). The first-order valence-electron chi connectivity index (χ1n) is 7.16. The molecular weight excluding hydrogens is 276 g/mol. The molecule has 0 bridgehead atoms. The lowest BCUT2D eigenvalue weighted by Crippen LogP contribution is -2.09. The first-order valence-corrected chi connectivity index (χ1v) is 7.16. The van der Waals surface area contributed by atoms with Crippen LogP contribution >= 0.6 is 0 Å². The van der Waals surface area contributed by atoms with E-state index in [4.69, 9.17) is 0 Å². The van der Waals surface area contributed by atoms with E-state index in [1.807, 2.05) is 42.1 Å². The molecule has 2 aromatic heterocycles. The van der Waals surface area contributed by atoms with Crippen LogP contribution in [0.2, 0.25) is 0 Å². The monoisotopic (exact) mass is 292 g/mol. The fourth-order valence-corrected chi connectivity index (χ4v) is 2.36. The maximum atomic E-state index is 9.25. The molecule has 0 saturated carbocycles. The van der Waals surface area contributed by atoms with E-state index < -0.39 is 0 Å². The SMILES string of the molecule is Cc1ccc2nnc(C#N)c(NCCCn3cccn3)c2c1. The Hall–Kier alpha value is -2.94. The molecule has 0 atom stereocenters. The molecule has 0 spiro atoms. The second-order valence-electron chi connectivity index (χ2n) is 5.11. The van der Waals surface area contributed by atoms with E-state index >= 15 is 0 Å². The Morgan fingerprint density at radius 3 is 3.00 bits per heavy atom. The van der Waals surface area contributed by atoms with Crippen molar-refractivity contribution < 1.29 is 0 Å². The zero-order chi connectivity index (χ0) is 15.4. The second kappa shape index (κ2) is 6.22. The Kier molecular flexibility index (Phi) is 3.97. The molecule has 22 heavy (non-hydrogen) atoms. The van der Waals surface area contributed by atoms with Gasteiger partial charge in [0, 0.05) is 30.9 Å². The molecule has 0 unspecified atom stereocenters. The number of nitriles is 1. The van der Waals surface area contributed by atoms with Crippen molar-refractivity contribution in [3.05, 3.63) is 47.9 Å². The molecule has 0 radical (unpaired) electrons. The topological polar surface area (TPSA) is 79.4 Å². The number of nitrogens with zero attached hydrogens (tertiary/aromatic N) is 5. The number of hydrogen-bond acceptors (Lipinski definition) is 5. The number of aromatic nitrogens is 4. The van der Waals surface area contributed by atoms with Crippen LogP contribution in [-0.4, -0.2) is 26.5 Å². The number of aryl methyl sites for hydroxylation is 2. The van der Waals surface area contributed by atoms with E-state index in [2.05, 4.69) is 26.7 Å². The molecule has 1 aromatic carbocycles. The van der Waals surface area contributed by atoms with Crippen molar-refractivity contribution in [3.8, 4) is 6.07 Å². The van der Waals surface area contributed by atoms with Crippen molar-refractivity contribution in [2.24, 2.45) is 0 Å². The highest BCUT2D eigenvalue weighted by molar-refractivity contribution is 5.93. The van der Waals surface area contributed by atoms with E-state index in [1.54, 1.807) is 6.20 Å². The van der Waals surface area contributed by atoms with Gasteiger partial charge in [0.25, 0.3) is 0 Å². The third kappa shape index (κ3) is 2.88. The van der Waals surface area contributed by atoms with Gasteiger partial charge in [-0.05, 0) is 31.5 Å². The van der Waals surface area contributed by atoms with Gasteiger partial charge in [-0.3, -0.25) is 4.68 Å². The predicted octanol–water partition coefficient (Wildman–Crippen LogP) is 2.51. The van der Waals surface area contributed by atoms with Gasteiger partial charge in [0.05, 0.1) is 11.2 Å². The molecule has 0 aliphatic carbocycles. The Morgan fingerprint density at radius 1 is 1.32 bits per heavy atom. The van der Waals surface area contributed by atoms with Crippen LogP contribution in [0.5, 0.6) is 0 Å². The van der Waals surface area contributed by atoms with Crippen LogP contribution in [0.4, 0.5) is 5.69 Å². The molecule has 6 nitrogen and oxygen atoms in total.